The molecule has 2 heterocycles. The van der Waals surface area contributed by atoms with E-state index in [0.29, 0.717) is 24.4 Å². The van der Waals surface area contributed by atoms with E-state index in [9.17, 15) is 5.11 Å². The molecule has 5 nitrogen and oxygen atoms in total. The van der Waals surface area contributed by atoms with Gasteiger partial charge in [0.25, 0.3) is 0 Å². The number of rotatable bonds is 3. The zero-order valence-corrected chi connectivity index (χ0v) is 8.59. The van der Waals surface area contributed by atoms with Gasteiger partial charge in [0.05, 0.1) is 5.52 Å². The highest BCUT2D eigenvalue weighted by molar-refractivity contribution is 5.71. The monoisotopic (exact) mass is 206 g/mol. The predicted octanol–water partition coefficient (Wildman–Crippen LogP) is 0.350. The summed E-state index contributed by atoms with van der Waals surface area (Å²) < 4.78 is 1.85. The minimum absolute atomic E-state index is 0.442. The van der Waals surface area contributed by atoms with Crippen molar-refractivity contribution in [2.45, 2.75) is 12.5 Å². The van der Waals surface area contributed by atoms with Crippen molar-refractivity contribution in [3.63, 3.8) is 0 Å². The number of fused-ring (bicyclic) bond motifs is 1. The van der Waals surface area contributed by atoms with Crippen LogP contribution in [0.4, 0.5) is 0 Å². The Morgan fingerprint density at radius 3 is 3.07 bits per heavy atom. The fourth-order valence-electron chi connectivity index (χ4n) is 1.63. The fraction of sp³-hybridized carbons (Fsp3) is 0.400. The first-order valence-corrected chi connectivity index (χ1v) is 4.89. The minimum atomic E-state index is -0.616. The van der Waals surface area contributed by atoms with Gasteiger partial charge in [-0.15, -0.1) is 0 Å². The van der Waals surface area contributed by atoms with Gasteiger partial charge in [0, 0.05) is 13.2 Å². The van der Waals surface area contributed by atoms with Gasteiger partial charge in [-0.3, -0.25) is 0 Å². The molecule has 2 rings (SSSR count). The first kappa shape index (κ1) is 10.1. The van der Waals surface area contributed by atoms with Crippen molar-refractivity contribution in [1.82, 2.24) is 14.5 Å². The summed E-state index contributed by atoms with van der Waals surface area (Å²) in [6.45, 7) is 0.442. The third kappa shape index (κ3) is 1.71. The van der Waals surface area contributed by atoms with Crippen LogP contribution in [0.3, 0.4) is 0 Å². The lowest BCUT2D eigenvalue weighted by Crippen LogP contribution is -2.10. The van der Waals surface area contributed by atoms with E-state index in [1.165, 1.54) is 0 Å². The average molecular weight is 206 g/mol. The van der Waals surface area contributed by atoms with Gasteiger partial charge in [0.15, 0.2) is 5.65 Å². The zero-order chi connectivity index (χ0) is 10.8. The number of hydrogen-bond acceptors (Lipinski definition) is 4. The highest BCUT2D eigenvalue weighted by Crippen LogP contribution is 2.19. The lowest BCUT2D eigenvalue weighted by molar-refractivity contribution is 0.157. The minimum Gasteiger partial charge on any atom is -0.385 e. The Kier molecular flexibility index (Phi) is 2.66. The van der Waals surface area contributed by atoms with Crippen molar-refractivity contribution in [1.29, 1.82) is 0 Å². The molecule has 1 unspecified atom stereocenters. The predicted molar refractivity (Wildman–Crippen MR) is 57.1 cm³/mol. The molecule has 2 aromatic heterocycles. The standard InChI is InChI=1S/C10H14N4O/c1-14-7-3-2-6-12-9(7)13-10(14)8(15)4-5-11/h2-3,6,8,15H,4-5,11H2,1H3. The van der Waals surface area contributed by atoms with E-state index >= 15 is 0 Å². The molecule has 0 saturated carbocycles. The van der Waals surface area contributed by atoms with Crippen LogP contribution >= 0.6 is 0 Å². The maximum Gasteiger partial charge on any atom is 0.178 e. The molecule has 0 spiro atoms. The Bertz CT molecular complexity index is 465. The number of aliphatic hydroxyl groups is 1. The van der Waals surface area contributed by atoms with Crippen LogP contribution in [-0.2, 0) is 7.05 Å². The van der Waals surface area contributed by atoms with Crippen LogP contribution < -0.4 is 5.73 Å². The van der Waals surface area contributed by atoms with E-state index in [-0.39, 0.29) is 0 Å². The SMILES string of the molecule is Cn1c(C(O)CCN)nc2ncccc21. The van der Waals surface area contributed by atoms with Gasteiger partial charge >= 0.3 is 0 Å². The van der Waals surface area contributed by atoms with Crippen LogP contribution in [0, 0.1) is 0 Å². The van der Waals surface area contributed by atoms with Crippen LogP contribution in [0.15, 0.2) is 18.3 Å². The summed E-state index contributed by atoms with van der Waals surface area (Å²) in [5.74, 6) is 0.620. The van der Waals surface area contributed by atoms with E-state index in [1.807, 2.05) is 23.7 Å². The first-order chi connectivity index (χ1) is 7.24. The number of hydrogen-bond donors (Lipinski definition) is 2. The molecule has 3 N–H and O–H groups in total. The Morgan fingerprint density at radius 1 is 1.60 bits per heavy atom. The number of aliphatic hydroxyl groups excluding tert-OH is 1. The third-order valence-electron chi connectivity index (χ3n) is 2.43. The van der Waals surface area contributed by atoms with Gasteiger partial charge in [0.1, 0.15) is 11.9 Å². The number of aromatic nitrogens is 3. The van der Waals surface area contributed by atoms with Crippen molar-refractivity contribution < 1.29 is 5.11 Å². The molecule has 0 aliphatic heterocycles. The van der Waals surface area contributed by atoms with Gasteiger partial charge in [-0.2, -0.15) is 0 Å². The lowest BCUT2D eigenvalue weighted by Gasteiger charge is -2.08. The van der Waals surface area contributed by atoms with Gasteiger partial charge < -0.3 is 15.4 Å². The van der Waals surface area contributed by atoms with Gasteiger partial charge in [0.2, 0.25) is 0 Å². The number of nitrogens with two attached hydrogens (primary N) is 1. The smallest absolute Gasteiger partial charge is 0.178 e. The van der Waals surface area contributed by atoms with E-state index in [0.717, 1.165) is 5.52 Å². The summed E-state index contributed by atoms with van der Waals surface area (Å²) >= 11 is 0. The lowest BCUT2D eigenvalue weighted by atomic mass is 10.2. The third-order valence-corrected chi connectivity index (χ3v) is 2.43. The second-order valence-corrected chi connectivity index (χ2v) is 3.47. The average Bonchev–Trinajstić information content (AvgIpc) is 2.57. The number of pyridine rings is 1. The Labute approximate surface area is 87.6 Å². The Balaban J connectivity index is 2.48. The number of aryl methyl sites for hydroxylation is 1. The molecule has 2 aromatic rings. The van der Waals surface area contributed by atoms with Crippen LogP contribution in [0.25, 0.3) is 11.2 Å². The van der Waals surface area contributed by atoms with E-state index < -0.39 is 6.10 Å². The molecule has 0 bridgehead atoms. The molecule has 5 heteroatoms. The highest BCUT2D eigenvalue weighted by Gasteiger charge is 2.15. The normalized spacial score (nSPS) is 13.3. The highest BCUT2D eigenvalue weighted by atomic mass is 16.3. The van der Waals surface area contributed by atoms with E-state index in [4.69, 9.17) is 5.73 Å². The van der Waals surface area contributed by atoms with Crippen molar-refractivity contribution in [3.8, 4) is 0 Å². The quantitative estimate of drug-likeness (QED) is 0.759. The molecule has 0 aliphatic rings. The Morgan fingerprint density at radius 2 is 2.40 bits per heavy atom. The fourth-order valence-corrected chi connectivity index (χ4v) is 1.63. The molecule has 15 heavy (non-hydrogen) atoms. The van der Waals surface area contributed by atoms with E-state index in [1.54, 1.807) is 6.20 Å². The van der Waals surface area contributed by atoms with Crippen molar-refractivity contribution in [2.75, 3.05) is 6.54 Å². The second kappa shape index (κ2) is 3.96. The number of nitrogens with zero attached hydrogens (tertiary/aromatic N) is 3. The summed E-state index contributed by atoms with van der Waals surface area (Å²) in [5.41, 5.74) is 6.98. The second-order valence-electron chi connectivity index (χ2n) is 3.47. The van der Waals surface area contributed by atoms with Crippen molar-refractivity contribution >= 4 is 11.2 Å². The summed E-state index contributed by atoms with van der Waals surface area (Å²) in [6, 6.07) is 3.77. The molecule has 0 saturated heterocycles. The van der Waals surface area contributed by atoms with Crippen LogP contribution in [0.5, 0.6) is 0 Å². The number of imidazole rings is 1. The van der Waals surface area contributed by atoms with Crippen LogP contribution in [-0.4, -0.2) is 26.2 Å². The molecule has 0 radical (unpaired) electrons. The summed E-state index contributed by atoms with van der Waals surface area (Å²) in [6.07, 6.45) is 1.58. The molecular weight excluding hydrogens is 192 g/mol. The van der Waals surface area contributed by atoms with Gasteiger partial charge in [-0.1, -0.05) is 0 Å². The molecule has 0 amide bonds. The van der Waals surface area contributed by atoms with Crippen LogP contribution in [0.1, 0.15) is 18.3 Å². The topological polar surface area (TPSA) is 77.0 Å². The molecule has 0 aliphatic carbocycles. The molecule has 0 aromatic carbocycles. The van der Waals surface area contributed by atoms with E-state index in [2.05, 4.69) is 9.97 Å². The molecule has 1 atom stereocenters. The van der Waals surface area contributed by atoms with Gasteiger partial charge in [-0.25, -0.2) is 9.97 Å². The summed E-state index contributed by atoms with van der Waals surface area (Å²) in [4.78, 5) is 8.41. The zero-order valence-electron chi connectivity index (χ0n) is 8.59. The first-order valence-electron chi connectivity index (χ1n) is 4.89. The molecule has 80 valence electrons. The van der Waals surface area contributed by atoms with Crippen molar-refractivity contribution in [3.05, 3.63) is 24.2 Å². The summed E-state index contributed by atoms with van der Waals surface area (Å²) in [7, 11) is 1.87. The maximum absolute atomic E-state index is 9.81. The molecular formula is C10H14N4O. The van der Waals surface area contributed by atoms with Gasteiger partial charge in [-0.05, 0) is 25.1 Å². The summed E-state index contributed by atoms with van der Waals surface area (Å²) in [5, 5.41) is 9.81. The molecule has 0 fully saturated rings. The Hall–Kier alpha value is -1.46. The maximum atomic E-state index is 9.81. The van der Waals surface area contributed by atoms with Crippen LogP contribution in [0.2, 0.25) is 0 Å². The largest absolute Gasteiger partial charge is 0.385 e. The van der Waals surface area contributed by atoms with Crippen molar-refractivity contribution in [2.24, 2.45) is 12.8 Å².